The van der Waals surface area contributed by atoms with Crippen molar-refractivity contribution in [3.8, 4) is 11.5 Å². The van der Waals surface area contributed by atoms with Gasteiger partial charge in [0.05, 0.1) is 24.8 Å². The summed E-state index contributed by atoms with van der Waals surface area (Å²) in [6.45, 7) is -0.749. The largest absolute Gasteiger partial charge is 0.497 e. The number of carbonyl (C=O) groups is 1. The van der Waals surface area contributed by atoms with Crippen molar-refractivity contribution in [2.24, 2.45) is 0 Å². The van der Waals surface area contributed by atoms with E-state index in [-0.39, 0.29) is 27.2 Å². The van der Waals surface area contributed by atoms with E-state index in [0.717, 1.165) is 16.4 Å². The van der Waals surface area contributed by atoms with Gasteiger partial charge < -0.3 is 14.8 Å². The summed E-state index contributed by atoms with van der Waals surface area (Å²) in [6, 6.07) is 13.4. The molecule has 0 aliphatic carbocycles. The average Bonchev–Trinajstić information content (AvgIpc) is 2.81. The van der Waals surface area contributed by atoms with E-state index in [2.05, 4.69) is 5.32 Å². The number of ether oxygens (including phenoxy) is 2. The lowest BCUT2D eigenvalue weighted by Gasteiger charge is -2.25. The first-order valence-electron chi connectivity index (χ1n) is 9.81. The quantitative estimate of drug-likeness (QED) is 0.306. The van der Waals surface area contributed by atoms with E-state index in [1.807, 2.05) is 0 Å². The molecule has 0 saturated heterocycles. The van der Waals surface area contributed by atoms with E-state index in [0.29, 0.717) is 5.75 Å². The van der Waals surface area contributed by atoms with Crippen LogP contribution in [0.5, 0.6) is 11.5 Å². The van der Waals surface area contributed by atoms with Gasteiger partial charge in [0, 0.05) is 27.9 Å². The van der Waals surface area contributed by atoms with Crippen LogP contribution in [0.25, 0.3) is 0 Å². The van der Waals surface area contributed by atoms with Crippen LogP contribution in [0.4, 0.5) is 17.1 Å². The monoisotopic (exact) mass is 539 g/mol. The van der Waals surface area contributed by atoms with Gasteiger partial charge in [-0.3, -0.25) is 19.2 Å². The Kier molecular flexibility index (Phi) is 8.05. The van der Waals surface area contributed by atoms with Gasteiger partial charge in [0.25, 0.3) is 15.7 Å². The van der Waals surface area contributed by atoms with Crippen LogP contribution in [-0.2, 0) is 14.8 Å². The molecule has 0 spiro atoms. The molecule has 35 heavy (non-hydrogen) atoms. The molecular formula is C22H19Cl2N3O7S. The van der Waals surface area contributed by atoms with Gasteiger partial charge in [-0.05, 0) is 36.4 Å². The molecule has 1 N–H and O–H groups in total. The second-order valence-electron chi connectivity index (χ2n) is 6.98. The summed E-state index contributed by atoms with van der Waals surface area (Å²) in [4.78, 5) is 23.1. The van der Waals surface area contributed by atoms with Crippen LogP contribution >= 0.6 is 23.2 Å². The van der Waals surface area contributed by atoms with E-state index >= 15 is 0 Å². The van der Waals surface area contributed by atoms with E-state index in [1.54, 1.807) is 0 Å². The van der Waals surface area contributed by atoms with Crippen molar-refractivity contribution in [3.05, 3.63) is 80.8 Å². The number of rotatable bonds is 9. The maximum absolute atomic E-state index is 13.7. The lowest BCUT2D eigenvalue weighted by Crippen LogP contribution is -2.38. The predicted octanol–water partition coefficient (Wildman–Crippen LogP) is 4.75. The lowest BCUT2D eigenvalue weighted by molar-refractivity contribution is -0.387. The van der Waals surface area contributed by atoms with Crippen molar-refractivity contribution in [3.63, 3.8) is 0 Å². The Balaban J connectivity index is 2.11. The summed E-state index contributed by atoms with van der Waals surface area (Å²) >= 11 is 11.9. The fourth-order valence-electron chi connectivity index (χ4n) is 3.19. The molecule has 0 bridgehead atoms. The molecular weight excluding hydrogens is 521 g/mol. The molecule has 0 aromatic heterocycles. The van der Waals surface area contributed by atoms with Crippen molar-refractivity contribution in [1.29, 1.82) is 0 Å². The smallest absolute Gasteiger partial charge is 0.289 e. The van der Waals surface area contributed by atoms with Crippen molar-refractivity contribution in [2.75, 3.05) is 30.4 Å². The Morgan fingerprint density at radius 1 is 1.03 bits per heavy atom. The van der Waals surface area contributed by atoms with E-state index in [4.69, 9.17) is 32.7 Å². The molecule has 0 heterocycles. The Hall–Kier alpha value is -3.54. The molecule has 13 heteroatoms. The third kappa shape index (κ3) is 5.94. The van der Waals surface area contributed by atoms with Gasteiger partial charge in [-0.25, -0.2) is 8.42 Å². The average molecular weight is 540 g/mol. The highest BCUT2D eigenvalue weighted by molar-refractivity contribution is 7.93. The fraction of sp³-hybridized carbons (Fsp3) is 0.136. The van der Waals surface area contributed by atoms with Crippen molar-refractivity contribution < 1.29 is 27.6 Å². The Morgan fingerprint density at radius 2 is 1.69 bits per heavy atom. The number of methoxy groups -OCH3 is 2. The summed E-state index contributed by atoms with van der Waals surface area (Å²) in [7, 11) is -1.90. The van der Waals surface area contributed by atoms with Crippen molar-refractivity contribution >= 4 is 56.2 Å². The highest BCUT2D eigenvalue weighted by atomic mass is 35.5. The molecule has 3 aromatic carbocycles. The number of amides is 1. The topological polar surface area (TPSA) is 128 Å². The summed E-state index contributed by atoms with van der Waals surface area (Å²) < 4.78 is 38.6. The standard InChI is InChI=1S/C22H19Cl2N3O7S/c1-33-17-7-8-18(20(12-17)34-2)26(13-22(28)25-16-10-14(23)9-15(24)11-16)35(31,32)21-6-4-3-5-19(21)27(29)30/h3-12H,13H2,1-2H3,(H,25,28). The lowest BCUT2D eigenvalue weighted by atomic mass is 10.2. The number of hydrogen-bond donors (Lipinski definition) is 1. The number of benzene rings is 3. The molecule has 3 aromatic rings. The zero-order valence-electron chi connectivity index (χ0n) is 18.4. The number of nitrogens with zero attached hydrogens (tertiary/aromatic N) is 2. The highest BCUT2D eigenvalue weighted by Gasteiger charge is 2.34. The molecule has 10 nitrogen and oxygen atoms in total. The molecule has 0 unspecified atom stereocenters. The Bertz CT molecular complexity index is 1360. The van der Waals surface area contributed by atoms with E-state index in [1.165, 1.54) is 62.8 Å². The van der Waals surface area contributed by atoms with Crippen LogP contribution in [-0.4, -0.2) is 40.0 Å². The molecule has 0 fully saturated rings. The Labute approximate surface area is 211 Å². The first-order chi connectivity index (χ1) is 16.6. The van der Waals surface area contributed by atoms with Gasteiger partial charge in [-0.15, -0.1) is 0 Å². The SMILES string of the molecule is COc1ccc(N(CC(=O)Nc2cc(Cl)cc(Cl)c2)S(=O)(=O)c2ccccc2[N+](=O)[O-])c(OC)c1. The highest BCUT2D eigenvalue weighted by Crippen LogP contribution is 2.37. The normalized spacial score (nSPS) is 11.0. The number of carbonyl (C=O) groups excluding carboxylic acids is 1. The minimum absolute atomic E-state index is 0.0364. The number of nitrogens with one attached hydrogen (secondary N) is 1. The first-order valence-corrected chi connectivity index (χ1v) is 12.0. The maximum atomic E-state index is 13.7. The number of halogens is 2. The van der Waals surface area contributed by atoms with E-state index in [9.17, 15) is 23.3 Å². The van der Waals surface area contributed by atoms with Gasteiger partial charge in [0.2, 0.25) is 5.91 Å². The molecule has 0 saturated carbocycles. The molecule has 3 rings (SSSR count). The van der Waals surface area contributed by atoms with Crippen molar-refractivity contribution in [2.45, 2.75) is 4.90 Å². The van der Waals surface area contributed by atoms with Crippen LogP contribution in [0.2, 0.25) is 10.0 Å². The Morgan fingerprint density at radius 3 is 2.29 bits per heavy atom. The second kappa shape index (κ2) is 10.8. The van der Waals surface area contributed by atoms with E-state index < -0.39 is 38.0 Å². The van der Waals surface area contributed by atoms with Crippen LogP contribution in [0, 0.1) is 10.1 Å². The minimum atomic E-state index is -4.63. The van der Waals surface area contributed by atoms with Gasteiger partial charge >= 0.3 is 0 Å². The summed E-state index contributed by atoms with van der Waals surface area (Å²) in [5, 5.41) is 14.6. The predicted molar refractivity (Wildman–Crippen MR) is 132 cm³/mol. The molecule has 0 aliphatic heterocycles. The van der Waals surface area contributed by atoms with Gasteiger partial charge in [-0.2, -0.15) is 0 Å². The molecule has 1 amide bonds. The molecule has 0 radical (unpaired) electrons. The van der Waals surface area contributed by atoms with Crippen molar-refractivity contribution in [1.82, 2.24) is 0 Å². The van der Waals surface area contributed by atoms with Crippen LogP contribution < -0.4 is 19.1 Å². The van der Waals surface area contributed by atoms with Crippen LogP contribution in [0.15, 0.2) is 65.6 Å². The summed E-state index contributed by atoms with van der Waals surface area (Å²) in [5.74, 6) is -0.333. The first kappa shape index (κ1) is 26.1. The number of anilines is 2. The molecule has 184 valence electrons. The summed E-state index contributed by atoms with van der Waals surface area (Å²) in [5.41, 5.74) is -0.449. The number of sulfonamides is 1. The fourth-order valence-corrected chi connectivity index (χ4v) is 5.31. The number of nitro groups is 1. The maximum Gasteiger partial charge on any atom is 0.289 e. The zero-order chi connectivity index (χ0) is 25.8. The minimum Gasteiger partial charge on any atom is -0.497 e. The van der Waals surface area contributed by atoms with Crippen LogP contribution in [0.3, 0.4) is 0 Å². The molecule has 0 aliphatic rings. The molecule has 0 atom stereocenters. The van der Waals surface area contributed by atoms with Gasteiger partial charge in [0.15, 0.2) is 4.90 Å². The van der Waals surface area contributed by atoms with Crippen LogP contribution in [0.1, 0.15) is 0 Å². The van der Waals surface area contributed by atoms with Gasteiger partial charge in [0.1, 0.15) is 18.0 Å². The third-order valence-electron chi connectivity index (χ3n) is 4.72. The summed E-state index contributed by atoms with van der Waals surface area (Å²) in [6.07, 6.45) is 0. The second-order valence-corrected chi connectivity index (χ2v) is 9.68. The number of para-hydroxylation sites is 1. The number of nitro benzene ring substituents is 1. The third-order valence-corrected chi connectivity index (χ3v) is 6.96. The van der Waals surface area contributed by atoms with Gasteiger partial charge in [-0.1, -0.05) is 35.3 Å². The zero-order valence-corrected chi connectivity index (χ0v) is 20.7. The number of hydrogen-bond acceptors (Lipinski definition) is 7.